The molecule has 4 N–H and O–H groups in total. The van der Waals surface area contributed by atoms with Crippen LogP contribution in [0.1, 0.15) is 26.3 Å². The highest BCUT2D eigenvalue weighted by atomic mass is 16.7. The third-order valence-electron chi connectivity index (χ3n) is 4.49. The number of hydrogen-bond acceptors (Lipinski definition) is 9. The molecule has 3 aromatic rings. The molecule has 0 atom stereocenters. The molecule has 1 saturated heterocycles. The SMILES string of the molecule is CC(C)(C)c1cc(O)cc2c(N)cc(-c3nnc(NCC4OCCO4)o3)nc12. The van der Waals surface area contributed by atoms with E-state index in [0.29, 0.717) is 42.0 Å². The Hall–Kier alpha value is -2.91. The Morgan fingerprint density at radius 3 is 2.64 bits per heavy atom. The molecule has 1 aromatic carbocycles. The van der Waals surface area contributed by atoms with E-state index >= 15 is 0 Å². The first kappa shape index (κ1) is 18.5. The quantitative estimate of drug-likeness (QED) is 0.620. The monoisotopic (exact) mass is 385 g/mol. The molecule has 3 heterocycles. The Kier molecular flexibility index (Phi) is 4.56. The Labute approximate surface area is 161 Å². The lowest BCUT2D eigenvalue weighted by Crippen LogP contribution is -2.20. The zero-order chi connectivity index (χ0) is 19.9. The smallest absolute Gasteiger partial charge is 0.315 e. The van der Waals surface area contributed by atoms with Crippen LogP contribution in [0.3, 0.4) is 0 Å². The fourth-order valence-electron chi connectivity index (χ4n) is 3.11. The Balaban J connectivity index is 1.68. The van der Waals surface area contributed by atoms with Crippen molar-refractivity contribution >= 4 is 22.6 Å². The number of hydrogen-bond donors (Lipinski definition) is 3. The maximum atomic E-state index is 10.1. The average Bonchev–Trinajstić information content (AvgIpc) is 3.30. The van der Waals surface area contributed by atoms with E-state index in [1.165, 1.54) is 0 Å². The number of phenolic OH excluding ortho intramolecular Hbond substituents is 1. The number of nitrogens with zero attached hydrogens (tertiary/aromatic N) is 3. The lowest BCUT2D eigenvalue weighted by molar-refractivity contribution is -0.0302. The first-order valence-corrected chi connectivity index (χ1v) is 9.06. The maximum absolute atomic E-state index is 10.1. The number of nitrogen functional groups attached to an aromatic ring is 1. The van der Waals surface area contributed by atoms with Crippen LogP contribution in [0.25, 0.3) is 22.5 Å². The summed E-state index contributed by atoms with van der Waals surface area (Å²) in [6.07, 6.45) is -0.327. The lowest BCUT2D eigenvalue weighted by atomic mass is 9.85. The number of ether oxygens (including phenoxy) is 2. The number of fused-ring (bicyclic) bond motifs is 1. The second kappa shape index (κ2) is 6.92. The molecule has 2 aromatic heterocycles. The van der Waals surface area contributed by atoms with Crippen LogP contribution in [0, 0.1) is 0 Å². The Bertz CT molecular complexity index is 1010. The Morgan fingerprint density at radius 1 is 1.18 bits per heavy atom. The molecule has 1 fully saturated rings. The molecule has 9 nitrogen and oxygen atoms in total. The lowest BCUT2D eigenvalue weighted by Gasteiger charge is -2.21. The maximum Gasteiger partial charge on any atom is 0.315 e. The van der Waals surface area contributed by atoms with Gasteiger partial charge in [-0.25, -0.2) is 4.98 Å². The molecule has 0 amide bonds. The molecule has 0 unspecified atom stereocenters. The zero-order valence-electron chi connectivity index (χ0n) is 16.0. The van der Waals surface area contributed by atoms with Gasteiger partial charge in [0.2, 0.25) is 0 Å². The number of benzene rings is 1. The molecule has 0 aliphatic carbocycles. The van der Waals surface area contributed by atoms with Gasteiger partial charge >= 0.3 is 6.01 Å². The van der Waals surface area contributed by atoms with Crippen molar-refractivity contribution in [3.05, 3.63) is 23.8 Å². The van der Waals surface area contributed by atoms with Crippen molar-refractivity contribution in [2.24, 2.45) is 0 Å². The minimum absolute atomic E-state index is 0.152. The number of phenols is 1. The summed E-state index contributed by atoms with van der Waals surface area (Å²) in [6, 6.07) is 5.23. The summed E-state index contributed by atoms with van der Waals surface area (Å²) in [5.41, 5.74) is 8.51. The van der Waals surface area contributed by atoms with Crippen LogP contribution in [-0.2, 0) is 14.9 Å². The van der Waals surface area contributed by atoms with Crippen molar-refractivity contribution in [3.63, 3.8) is 0 Å². The van der Waals surface area contributed by atoms with Gasteiger partial charge < -0.3 is 30.0 Å². The van der Waals surface area contributed by atoms with Gasteiger partial charge in [0.15, 0.2) is 6.29 Å². The van der Waals surface area contributed by atoms with Crippen LogP contribution < -0.4 is 11.1 Å². The van der Waals surface area contributed by atoms with Crippen molar-refractivity contribution in [1.82, 2.24) is 15.2 Å². The first-order valence-electron chi connectivity index (χ1n) is 9.06. The second-order valence-electron chi connectivity index (χ2n) is 7.70. The van der Waals surface area contributed by atoms with Gasteiger partial charge in [-0.1, -0.05) is 25.9 Å². The molecule has 28 heavy (non-hydrogen) atoms. The predicted molar refractivity (Wildman–Crippen MR) is 104 cm³/mol. The van der Waals surface area contributed by atoms with E-state index in [1.807, 2.05) is 20.8 Å². The number of nitrogens with two attached hydrogens (primary N) is 1. The fourth-order valence-corrected chi connectivity index (χ4v) is 3.11. The molecule has 0 bridgehead atoms. The molecule has 148 valence electrons. The number of aromatic hydroxyl groups is 1. The minimum atomic E-state index is -0.327. The number of rotatable bonds is 4. The number of anilines is 2. The fraction of sp³-hybridized carbons (Fsp3) is 0.421. The van der Waals surface area contributed by atoms with Crippen LogP contribution in [0.4, 0.5) is 11.7 Å². The summed E-state index contributed by atoms with van der Waals surface area (Å²) in [4.78, 5) is 4.70. The molecular weight excluding hydrogens is 362 g/mol. The summed E-state index contributed by atoms with van der Waals surface area (Å²) in [5.74, 6) is 0.400. The first-order chi connectivity index (χ1) is 13.3. The second-order valence-corrected chi connectivity index (χ2v) is 7.70. The summed E-state index contributed by atoms with van der Waals surface area (Å²) < 4.78 is 16.4. The van der Waals surface area contributed by atoms with E-state index in [9.17, 15) is 5.11 Å². The molecule has 9 heteroatoms. The predicted octanol–water partition coefficient (Wildman–Crippen LogP) is 2.65. The van der Waals surface area contributed by atoms with Gasteiger partial charge in [-0.05, 0) is 29.2 Å². The van der Waals surface area contributed by atoms with Crippen LogP contribution in [0.15, 0.2) is 22.6 Å². The van der Waals surface area contributed by atoms with Gasteiger partial charge in [0, 0.05) is 11.1 Å². The molecule has 0 radical (unpaired) electrons. The van der Waals surface area contributed by atoms with E-state index in [2.05, 4.69) is 15.5 Å². The summed E-state index contributed by atoms with van der Waals surface area (Å²) in [7, 11) is 0. The van der Waals surface area contributed by atoms with Crippen LogP contribution in [0.2, 0.25) is 0 Å². The number of nitrogens with one attached hydrogen (secondary N) is 1. The molecule has 4 rings (SSSR count). The number of aromatic nitrogens is 3. The topological polar surface area (TPSA) is 129 Å². The van der Waals surface area contributed by atoms with Gasteiger partial charge in [0.1, 0.15) is 11.4 Å². The van der Waals surface area contributed by atoms with Crippen molar-refractivity contribution in [2.75, 3.05) is 30.8 Å². The third-order valence-corrected chi connectivity index (χ3v) is 4.49. The number of pyridine rings is 1. The minimum Gasteiger partial charge on any atom is -0.508 e. The van der Waals surface area contributed by atoms with Gasteiger partial charge in [-0.3, -0.25) is 0 Å². The highest BCUT2D eigenvalue weighted by Crippen LogP contribution is 2.36. The molecule has 1 aliphatic heterocycles. The van der Waals surface area contributed by atoms with Gasteiger partial charge in [-0.15, -0.1) is 5.10 Å². The summed E-state index contributed by atoms with van der Waals surface area (Å²) in [5, 5.41) is 21.8. The highest BCUT2D eigenvalue weighted by molar-refractivity contribution is 5.95. The van der Waals surface area contributed by atoms with Gasteiger partial charge in [0.05, 0.1) is 25.3 Å². The highest BCUT2D eigenvalue weighted by Gasteiger charge is 2.22. The van der Waals surface area contributed by atoms with Crippen molar-refractivity contribution in [1.29, 1.82) is 0 Å². The summed E-state index contributed by atoms with van der Waals surface area (Å²) >= 11 is 0. The van der Waals surface area contributed by atoms with Crippen molar-refractivity contribution in [2.45, 2.75) is 32.5 Å². The van der Waals surface area contributed by atoms with E-state index in [4.69, 9.17) is 24.6 Å². The Morgan fingerprint density at radius 2 is 1.93 bits per heavy atom. The normalized spacial score (nSPS) is 15.4. The molecule has 1 aliphatic rings. The third kappa shape index (κ3) is 3.58. The molecular formula is C19H23N5O4. The summed E-state index contributed by atoms with van der Waals surface area (Å²) in [6.45, 7) is 7.71. The van der Waals surface area contributed by atoms with Crippen LogP contribution >= 0.6 is 0 Å². The van der Waals surface area contributed by atoms with Crippen LogP contribution in [-0.4, -0.2) is 46.3 Å². The van der Waals surface area contributed by atoms with E-state index in [-0.39, 0.29) is 29.4 Å². The van der Waals surface area contributed by atoms with Gasteiger partial charge in [0.25, 0.3) is 5.89 Å². The van der Waals surface area contributed by atoms with Crippen LogP contribution in [0.5, 0.6) is 5.75 Å². The van der Waals surface area contributed by atoms with Gasteiger partial charge in [-0.2, -0.15) is 0 Å². The molecule has 0 saturated carbocycles. The van der Waals surface area contributed by atoms with E-state index in [1.54, 1.807) is 18.2 Å². The largest absolute Gasteiger partial charge is 0.508 e. The van der Waals surface area contributed by atoms with E-state index < -0.39 is 0 Å². The zero-order valence-corrected chi connectivity index (χ0v) is 16.0. The van der Waals surface area contributed by atoms with E-state index in [0.717, 1.165) is 5.56 Å². The average molecular weight is 385 g/mol. The molecule has 0 spiro atoms. The van der Waals surface area contributed by atoms with Crippen molar-refractivity contribution < 1.29 is 19.0 Å². The standard InChI is InChI=1S/C19H23N5O4/c1-19(2,3)12-7-10(25)6-11-13(20)8-14(22-16(11)12)17-23-24-18(28-17)21-9-15-26-4-5-27-15/h6-8,15,25H,4-5,9H2,1-3H3,(H2,20,22)(H,21,24). The van der Waals surface area contributed by atoms with Crippen molar-refractivity contribution in [3.8, 4) is 17.3 Å².